The smallest absolute Gasteiger partial charge is 0.328 e. The highest BCUT2D eigenvalue weighted by Crippen LogP contribution is 2.43. The van der Waals surface area contributed by atoms with E-state index >= 15 is 0 Å². The highest BCUT2D eigenvalue weighted by molar-refractivity contribution is 8.14. The van der Waals surface area contributed by atoms with Crippen LogP contribution in [0.5, 0.6) is 0 Å². The van der Waals surface area contributed by atoms with Gasteiger partial charge >= 0.3 is 12.0 Å². The average molecular weight is 348 g/mol. The van der Waals surface area contributed by atoms with Crippen molar-refractivity contribution < 1.29 is 14.3 Å². The van der Waals surface area contributed by atoms with Crippen LogP contribution >= 0.6 is 11.8 Å². The van der Waals surface area contributed by atoms with E-state index in [-0.39, 0.29) is 5.92 Å². The van der Waals surface area contributed by atoms with Gasteiger partial charge in [-0.2, -0.15) is 0 Å². The Kier molecular flexibility index (Phi) is 4.66. The Morgan fingerprint density at radius 2 is 2.17 bits per heavy atom. The fourth-order valence-electron chi connectivity index (χ4n) is 2.66. The Hall–Kier alpha value is -2.22. The number of ether oxygens (including phenoxy) is 1. The molecule has 1 aromatic carbocycles. The van der Waals surface area contributed by atoms with Crippen molar-refractivity contribution in [1.82, 2.24) is 5.32 Å². The van der Waals surface area contributed by atoms with Crippen LogP contribution in [-0.4, -0.2) is 43.4 Å². The lowest BCUT2D eigenvalue weighted by Gasteiger charge is -2.20. The molecule has 2 amide bonds. The van der Waals surface area contributed by atoms with Crippen LogP contribution in [0.15, 0.2) is 28.1 Å². The summed E-state index contributed by atoms with van der Waals surface area (Å²) in [4.78, 5) is 31.7. The molecule has 0 bridgehead atoms. The van der Waals surface area contributed by atoms with Gasteiger partial charge in [0, 0.05) is 17.1 Å². The van der Waals surface area contributed by atoms with Crippen molar-refractivity contribution in [2.45, 2.75) is 24.8 Å². The van der Waals surface area contributed by atoms with Gasteiger partial charge in [0.15, 0.2) is 5.17 Å². The third-order valence-corrected chi connectivity index (χ3v) is 5.02. The maximum absolute atomic E-state index is 12.2. The van der Waals surface area contributed by atoms with E-state index in [2.05, 4.69) is 20.5 Å². The van der Waals surface area contributed by atoms with Crippen molar-refractivity contribution in [3.05, 3.63) is 18.2 Å². The van der Waals surface area contributed by atoms with Gasteiger partial charge < -0.3 is 20.3 Å². The molecule has 8 heteroatoms. The molecule has 1 atom stereocenters. The van der Waals surface area contributed by atoms with E-state index in [1.807, 2.05) is 32.0 Å². The number of amides is 2. The van der Waals surface area contributed by atoms with Gasteiger partial charge in [-0.25, -0.2) is 9.59 Å². The van der Waals surface area contributed by atoms with E-state index in [4.69, 9.17) is 4.74 Å². The number of thioether (sulfide) groups is 1. The second-order valence-electron chi connectivity index (χ2n) is 5.94. The van der Waals surface area contributed by atoms with E-state index in [1.54, 1.807) is 11.8 Å². The minimum Gasteiger partial charge on any atom is -0.467 e. The van der Waals surface area contributed by atoms with Crippen LogP contribution in [0.3, 0.4) is 0 Å². The first kappa shape index (κ1) is 16.6. The SMILES string of the molecule is COC(=O)C(NC(=O)Nc1ccc2c(c1)N1CCN=C1S2)C(C)C. The molecule has 0 saturated carbocycles. The van der Waals surface area contributed by atoms with Crippen LogP contribution in [0.25, 0.3) is 0 Å². The van der Waals surface area contributed by atoms with Crippen LogP contribution in [-0.2, 0) is 9.53 Å². The molecule has 2 heterocycles. The molecule has 1 unspecified atom stereocenters. The molecule has 0 fully saturated rings. The Balaban J connectivity index is 1.68. The minimum absolute atomic E-state index is 0.0667. The third-order valence-electron chi connectivity index (χ3n) is 3.92. The lowest BCUT2D eigenvalue weighted by Crippen LogP contribution is -2.46. The molecule has 0 aromatic heterocycles. The number of amidine groups is 1. The summed E-state index contributed by atoms with van der Waals surface area (Å²) in [6.07, 6.45) is 0. The van der Waals surface area contributed by atoms with Crippen molar-refractivity contribution in [2.24, 2.45) is 10.9 Å². The highest BCUT2D eigenvalue weighted by Gasteiger charge is 2.30. The van der Waals surface area contributed by atoms with Crippen molar-refractivity contribution >= 4 is 40.3 Å². The summed E-state index contributed by atoms with van der Waals surface area (Å²) in [5, 5.41) is 6.46. The second-order valence-corrected chi connectivity index (χ2v) is 6.95. The number of nitrogens with one attached hydrogen (secondary N) is 2. The topological polar surface area (TPSA) is 83.0 Å². The molecule has 1 aromatic rings. The molecule has 128 valence electrons. The van der Waals surface area contributed by atoms with E-state index in [0.717, 1.165) is 28.8 Å². The molecule has 0 aliphatic carbocycles. The summed E-state index contributed by atoms with van der Waals surface area (Å²) in [6.45, 7) is 5.36. The number of hydrogen-bond donors (Lipinski definition) is 2. The number of rotatable bonds is 4. The van der Waals surface area contributed by atoms with Gasteiger partial charge in [-0.05, 0) is 35.9 Å². The van der Waals surface area contributed by atoms with Crippen molar-refractivity contribution in [3.63, 3.8) is 0 Å². The maximum atomic E-state index is 12.2. The van der Waals surface area contributed by atoms with Crippen LogP contribution < -0.4 is 15.5 Å². The number of carbonyl (C=O) groups excluding carboxylic acids is 2. The Bertz CT molecular complexity index is 705. The number of nitrogens with zero attached hydrogens (tertiary/aromatic N) is 2. The zero-order chi connectivity index (χ0) is 17.3. The lowest BCUT2D eigenvalue weighted by atomic mass is 10.1. The van der Waals surface area contributed by atoms with Crippen molar-refractivity contribution in [2.75, 3.05) is 30.4 Å². The number of methoxy groups -OCH3 is 1. The van der Waals surface area contributed by atoms with Gasteiger partial charge in [-0.3, -0.25) is 4.99 Å². The zero-order valence-corrected chi connectivity index (χ0v) is 14.6. The van der Waals surface area contributed by atoms with Crippen LogP contribution in [0.2, 0.25) is 0 Å². The second kappa shape index (κ2) is 6.72. The minimum atomic E-state index is -0.683. The summed E-state index contributed by atoms with van der Waals surface area (Å²) >= 11 is 1.64. The van der Waals surface area contributed by atoms with Gasteiger partial charge in [-0.1, -0.05) is 13.8 Å². The Morgan fingerprint density at radius 3 is 2.88 bits per heavy atom. The van der Waals surface area contributed by atoms with E-state index in [1.165, 1.54) is 7.11 Å². The fourth-order valence-corrected chi connectivity index (χ4v) is 3.72. The first-order valence-electron chi connectivity index (χ1n) is 7.79. The fraction of sp³-hybridized carbons (Fsp3) is 0.438. The Morgan fingerprint density at radius 1 is 1.38 bits per heavy atom. The van der Waals surface area contributed by atoms with Crippen LogP contribution in [0.1, 0.15) is 13.8 Å². The van der Waals surface area contributed by atoms with E-state index in [9.17, 15) is 9.59 Å². The molecule has 0 radical (unpaired) electrons. The predicted molar refractivity (Wildman–Crippen MR) is 94.7 cm³/mol. The highest BCUT2D eigenvalue weighted by atomic mass is 32.2. The molecule has 2 aliphatic heterocycles. The summed E-state index contributed by atoms with van der Waals surface area (Å²) < 4.78 is 4.73. The standard InChI is InChI=1S/C16H20N4O3S/c1-9(2)13(14(21)23-3)19-15(22)18-10-4-5-12-11(8-10)20-7-6-17-16(20)24-12/h4-5,8-9,13H,6-7H2,1-3H3,(H2,18,19,22). The molecule has 0 saturated heterocycles. The Labute approximate surface area is 144 Å². The number of urea groups is 1. The average Bonchev–Trinajstić information content (AvgIpc) is 3.13. The molecular weight excluding hydrogens is 328 g/mol. The molecule has 7 nitrogen and oxygen atoms in total. The van der Waals surface area contributed by atoms with Gasteiger partial charge in [0.2, 0.25) is 0 Å². The number of carbonyl (C=O) groups is 2. The molecular formula is C16H20N4O3S. The molecule has 24 heavy (non-hydrogen) atoms. The molecule has 0 spiro atoms. The summed E-state index contributed by atoms with van der Waals surface area (Å²) in [5.74, 6) is -0.522. The number of benzene rings is 1. The monoisotopic (exact) mass is 348 g/mol. The first-order valence-corrected chi connectivity index (χ1v) is 8.60. The number of hydrogen-bond acceptors (Lipinski definition) is 6. The predicted octanol–water partition coefficient (Wildman–Crippen LogP) is 2.29. The molecule has 2 N–H and O–H groups in total. The zero-order valence-electron chi connectivity index (χ0n) is 13.8. The van der Waals surface area contributed by atoms with E-state index in [0.29, 0.717) is 5.69 Å². The number of anilines is 2. The van der Waals surface area contributed by atoms with Gasteiger partial charge in [0.25, 0.3) is 0 Å². The van der Waals surface area contributed by atoms with Crippen LogP contribution in [0.4, 0.5) is 16.2 Å². The van der Waals surface area contributed by atoms with Gasteiger partial charge in [0.1, 0.15) is 6.04 Å². The number of esters is 1. The normalized spacial score (nSPS) is 16.3. The summed E-state index contributed by atoms with van der Waals surface area (Å²) in [5.41, 5.74) is 1.73. The van der Waals surface area contributed by atoms with Crippen molar-refractivity contribution in [3.8, 4) is 0 Å². The van der Waals surface area contributed by atoms with E-state index < -0.39 is 18.0 Å². The molecule has 3 rings (SSSR count). The maximum Gasteiger partial charge on any atom is 0.328 e. The number of fused-ring (bicyclic) bond motifs is 3. The number of aliphatic imine (C=N–C) groups is 1. The lowest BCUT2D eigenvalue weighted by molar-refractivity contribution is -0.143. The molecule has 2 aliphatic rings. The van der Waals surface area contributed by atoms with Gasteiger partial charge in [0.05, 0.1) is 19.3 Å². The third kappa shape index (κ3) is 3.19. The van der Waals surface area contributed by atoms with Gasteiger partial charge in [-0.15, -0.1) is 0 Å². The first-order chi connectivity index (χ1) is 11.5. The summed E-state index contributed by atoms with van der Waals surface area (Å²) in [6, 6.07) is 4.63. The largest absolute Gasteiger partial charge is 0.467 e. The van der Waals surface area contributed by atoms with Crippen molar-refractivity contribution in [1.29, 1.82) is 0 Å². The quantitative estimate of drug-likeness (QED) is 0.816. The summed E-state index contributed by atoms with van der Waals surface area (Å²) in [7, 11) is 1.31. The van der Waals surface area contributed by atoms with Crippen LogP contribution in [0, 0.1) is 5.92 Å².